The van der Waals surface area contributed by atoms with Gasteiger partial charge in [-0.2, -0.15) is 0 Å². The SMILES string of the molecule is NN/C(=C\Cc1cc(-c2ccccc2)cc(-c2ccccc2)c1)c1ccccc1. The number of hydrazine groups is 1. The van der Waals surface area contributed by atoms with E-state index in [4.69, 9.17) is 5.84 Å². The molecule has 3 N–H and O–H groups in total. The molecular formula is C27H24N2. The smallest absolute Gasteiger partial charge is 0.0520 e. The van der Waals surface area contributed by atoms with Crippen LogP contribution in [0.4, 0.5) is 0 Å². The average Bonchev–Trinajstić information content (AvgIpc) is 2.81. The van der Waals surface area contributed by atoms with Crippen LogP contribution in [0.5, 0.6) is 0 Å². The molecule has 4 aromatic rings. The van der Waals surface area contributed by atoms with Gasteiger partial charge in [-0.25, -0.2) is 0 Å². The lowest BCUT2D eigenvalue weighted by molar-refractivity contribution is 0.984. The molecule has 0 amide bonds. The molecule has 0 atom stereocenters. The summed E-state index contributed by atoms with van der Waals surface area (Å²) in [6.07, 6.45) is 2.93. The number of nitrogens with two attached hydrogens (primary N) is 1. The molecule has 0 bridgehead atoms. The van der Waals surface area contributed by atoms with E-state index in [9.17, 15) is 0 Å². The molecule has 0 unspecified atom stereocenters. The van der Waals surface area contributed by atoms with Crippen molar-refractivity contribution in [3.05, 3.63) is 126 Å². The second-order valence-corrected chi connectivity index (χ2v) is 6.98. The van der Waals surface area contributed by atoms with Crippen LogP contribution in [-0.2, 0) is 6.42 Å². The molecule has 0 aliphatic rings. The highest BCUT2D eigenvalue weighted by molar-refractivity contribution is 5.74. The monoisotopic (exact) mass is 376 g/mol. The molecule has 4 aromatic carbocycles. The fraction of sp³-hybridized carbons (Fsp3) is 0.0370. The Balaban J connectivity index is 1.73. The normalized spacial score (nSPS) is 11.3. The highest BCUT2D eigenvalue weighted by Crippen LogP contribution is 2.29. The van der Waals surface area contributed by atoms with E-state index in [1.165, 1.54) is 27.8 Å². The van der Waals surface area contributed by atoms with Crippen molar-refractivity contribution in [1.82, 2.24) is 5.43 Å². The van der Waals surface area contributed by atoms with Gasteiger partial charge >= 0.3 is 0 Å². The summed E-state index contributed by atoms with van der Waals surface area (Å²) in [6.45, 7) is 0. The largest absolute Gasteiger partial charge is 0.324 e. The lowest BCUT2D eigenvalue weighted by atomic mass is 9.95. The van der Waals surface area contributed by atoms with E-state index in [1.54, 1.807) is 0 Å². The Bertz CT molecular complexity index is 1030. The van der Waals surface area contributed by atoms with Gasteiger partial charge in [-0.3, -0.25) is 5.84 Å². The molecule has 0 saturated carbocycles. The maximum atomic E-state index is 5.79. The van der Waals surface area contributed by atoms with Crippen molar-refractivity contribution in [3.8, 4) is 22.3 Å². The molecule has 0 aromatic heterocycles. The van der Waals surface area contributed by atoms with E-state index >= 15 is 0 Å². The van der Waals surface area contributed by atoms with Gasteiger partial charge in [-0.05, 0) is 45.9 Å². The second-order valence-electron chi connectivity index (χ2n) is 6.98. The van der Waals surface area contributed by atoms with E-state index in [-0.39, 0.29) is 0 Å². The van der Waals surface area contributed by atoms with Crippen LogP contribution < -0.4 is 11.3 Å². The summed E-state index contributed by atoms with van der Waals surface area (Å²) in [5.41, 5.74) is 11.0. The highest BCUT2D eigenvalue weighted by atomic mass is 15.2. The molecule has 0 heterocycles. The van der Waals surface area contributed by atoms with Gasteiger partial charge in [0.1, 0.15) is 0 Å². The van der Waals surface area contributed by atoms with Crippen LogP contribution in [-0.4, -0.2) is 0 Å². The first kappa shape index (κ1) is 18.7. The van der Waals surface area contributed by atoms with Crippen molar-refractivity contribution in [2.45, 2.75) is 6.42 Å². The van der Waals surface area contributed by atoms with Gasteiger partial charge in [-0.15, -0.1) is 0 Å². The van der Waals surface area contributed by atoms with Crippen molar-refractivity contribution in [2.75, 3.05) is 0 Å². The molecule has 0 saturated heterocycles. The summed E-state index contributed by atoms with van der Waals surface area (Å²) in [5, 5.41) is 0. The van der Waals surface area contributed by atoms with Crippen molar-refractivity contribution in [3.63, 3.8) is 0 Å². The molecule has 4 rings (SSSR count). The van der Waals surface area contributed by atoms with Crippen molar-refractivity contribution in [1.29, 1.82) is 0 Å². The number of allylic oxidation sites excluding steroid dienone is 1. The number of hydrogen-bond acceptors (Lipinski definition) is 2. The number of nitrogens with one attached hydrogen (secondary N) is 1. The molecule has 0 spiro atoms. The van der Waals surface area contributed by atoms with Gasteiger partial charge in [0.15, 0.2) is 0 Å². The minimum atomic E-state index is 0.787. The van der Waals surface area contributed by atoms with Crippen LogP contribution in [0.1, 0.15) is 11.1 Å². The number of hydrogen-bond donors (Lipinski definition) is 2. The van der Waals surface area contributed by atoms with Crippen LogP contribution >= 0.6 is 0 Å². The molecule has 0 radical (unpaired) electrons. The first-order chi connectivity index (χ1) is 14.3. The van der Waals surface area contributed by atoms with Gasteiger partial charge in [0.2, 0.25) is 0 Å². The zero-order valence-corrected chi connectivity index (χ0v) is 16.3. The zero-order valence-electron chi connectivity index (χ0n) is 16.3. The topological polar surface area (TPSA) is 38.0 Å². The quantitative estimate of drug-likeness (QED) is 0.317. The van der Waals surface area contributed by atoms with Crippen molar-refractivity contribution < 1.29 is 0 Å². The van der Waals surface area contributed by atoms with Gasteiger partial charge in [0, 0.05) is 0 Å². The summed E-state index contributed by atoms with van der Waals surface area (Å²) < 4.78 is 0. The van der Waals surface area contributed by atoms with Crippen molar-refractivity contribution in [2.24, 2.45) is 5.84 Å². The van der Waals surface area contributed by atoms with Crippen LogP contribution in [0.3, 0.4) is 0 Å². The summed E-state index contributed by atoms with van der Waals surface area (Å²) in [4.78, 5) is 0. The second kappa shape index (κ2) is 9.05. The molecule has 142 valence electrons. The maximum Gasteiger partial charge on any atom is 0.0520 e. The minimum Gasteiger partial charge on any atom is -0.324 e. The standard InChI is InChI=1S/C27H24N2/c28-29-27(24-14-8-3-9-15-24)17-16-21-18-25(22-10-4-1-5-11-22)20-26(19-21)23-12-6-2-7-13-23/h1-15,17-20,29H,16,28H2/b27-17-. The summed E-state index contributed by atoms with van der Waals surface area (Å²) >= 11 is 0. The minimum absolute atomic E-state index is 0.787. The van der Waals surface area contributed by atoms with Gasteiger partial charge in [-0.1, -0.05) is 109 Å². The Hall–Kier alpha value is -3.62. The molecule has 2 nitrogen and oxygen atoms in total. The Labute approximate surface area is 172 Å². The van der Waals surface area contributed by atoms with Crippen LogP contribution in [0.2, 0.25) is 0 Å². The average molecular weight is 377 g/mol. The predicted molar refractivity (Wildman–Crippen MR) is 123 cm³/mol. The predicted octanol–water partition coefficient (Wildman–Crippen LogP) is 6.07. The molecule has 29 heavy (non-hydrogen) atoms. The van der Waals surface area contributed by atoms with E-state index in [0.29, 0.717) is 0 Å². The van der Waals surface area contributed by atoms with E-state index < -0.39 is 0 Å². The fourth-order valence-electron chi connectivity index (χ4n) is 3.50. The van der Waals surface area contributed by atoms with E-state index in [0.717, 1.165) is 17.7 Å². The molecule has 0 aliphatic heterocycles. The first-order valence-electron chi connectivity index (χ1n) is 9.80. The Morgan fingerprint density at radius 1 is 0.621 bits per heavy atom. The van der Waals surface area contributed by atoms with Gasteiger partial charge in [0.25, 0.3) is 0 Å². The maximum absolute atomic E-state index is 5.79. The number of benzene rings is 4. The van der Waals surface area contributed by atoms with Crippen LogP contribution in [0, 0.1) is 0 Å². The highest BCUT2D eigenvalue weighted by Gasteiger charge is 2.06. The summed E-state index contributed by atoms with van der Waals surface area (Å²) in [7, 11) is 0. The van der Waals surface area contributed by atoms with E-state index in [2.05, 4.69) is 90.4 Å². The Kier molecular flexibility index (Phi) is 5.84. The van der Waals surface area contributed by atoms with Crippen LogP contribution in [0.15, 0.2) is 115 Å². The Morgan fingerprint density at radius 2 is 1.10 bits per heavy atom. The molecule has 0 aliphatic carbocycles. The molecular weight excluding hydrogens is 352 g/mol. The fourth-order valence-corrected chi connectivity index (χ4v) is 3.50. The van der Waals surface area contributed by atoms with Gasteiger partial charge < -0.3 is 5.43 Å². The lowest BCUT2D eigenvalue weighted by Gasteiger charge is -2.11. The zero-order chi connectivity index (χ0) is 19.9. The third-order valence-electron chi connectivity index (χ3n) is 4.99. The first-order valence-corrected chi connectivity index (χ1v) is 9.80. The third-order valence-corrected chi connectivity index (χ3v) is 4.99. The van der Waals surface area contributed by atoms with E-state index in [1.807, 2.05) is 30.3 Å². The lowest BCUT2D eigenvalue weighted by Crippen LogP contribution is -2.20. The van der Waals surface area contributed by atoms with Crippen molar-refractivity contribution >= 4 is 5.70 Å². The molecule has 0 fully saturated rings. The summed E-state index contributed by atoms with van der Waals surface area (Å²) in [5.74, 6) is 5.79. The Morgan fingerprint density at radius 3 is 1.59 bits per heavy atom. The summed E-state index contributed by atoms with van der Waals surface area (Å²) in [6, 6.07) is 38.0. The van der Waals surface area contributed by atoms with Crippen LogP contribution in [0.25, 0.3) is 28.0 Å². The third kappa shape index (κ3) is 4.63. The van der Waals surface area contributed by atoms with Gasteiger partial charge in [0.05, 0.1) is 5.70 Å². The molecule has 2 heteroatoms. The number of rotatable bonds is 6.